The van der Waals surface area contributed by atoms with Crippen molar-refractivity contribution in [1.29, 1.82) is 0 Å². The predicted molar refractivity (Wildman–Crippen MR) is 73.9 cm³/mol. The average Bonchev–Trinajstić information content (AvgIpc) is 3.06. The van der Waals surface area contributed by atoms with E-state index in [0.717, 1.165) is 34.8 Å². The SMILES string of the molecule is CC1CC1c1onc(N)c1-c1ccc2c(c1)OCCO2. The molecule has 1 aromatic heterocycles. The van der Waals surface area contributed by atoms with E-state index >= 15 is 0 Å². The fraction of sp³-hybridized carbons (Fsp3) is 0.400. The Kier molecular flexibility index (Phi) is 2.42. The van der Waals surface area contributed by atoms with Crippen molar-refractivity contribution in [3.05, 3.63) is 24.0 Å². The summed E-state index contributed by atoms with van der Waals surface area (Å²) in [6, 6.07) is 5.84. The van der Waals surface area contributed by atoms with Crippen LogP contribution >= 0.6 is 0 Å². The number of hydrogen-bond donors (Lipinski definition) is 1. The van der Waals surface area contributed by atoms with E-state index in [-0.39, 0.29) is 0 Å². The minimum atomic E-state index is 0.433. The smallest absolute Gasteiger partial charge is 0.175 e. The lowest BCUT2D eigenvalue weighted by atomic mass is 10.0. The van der Waals surface area contributed by atoms with Crippen molar-refractivity contribution in [2.45, 2.75) is 19.3 Å². The third kappa shape index (κ3) is 1.73. The second-order valence-electron chi connectivity index (χ2n) is 5.48. The van der Waals surface area contributed by atoms with Gasteiger partial charge in [0, 0.05) is 5.92 Å². The highest BCUT2D eigenvalue weighted by Crippen LogP contribution is 2.51. The van der Waals surface area contributed by atoms with Crippen molar-refractivity contribution >= 4 is 5.82 Å². The van der Waals surface area contributed by atoms with Gasteiger partial charge in [-0.2, -0.15) is 0 Å². The highest BCUT2D eigenvalue weighted by Gasteiger charge is 2.40. The Bertz CT molecular complexity index is 665. The highest BCUT2D eigenvalue weighted by molar-refractivity contribution is 5.78. The molecule has 1 saturated carbocycles. The van der Waals surface area contributed by atoms with Crippen LogP contribution in [0, 0.1) is 5.92 Å². The number of nitrogens with two attached hydrogens (primary N) is 1. The molecule has 5 heteroatoms. The molecule has 0 radical (unpaired) electrons. The standard InChI is InChI=1S/C15H16N2O3/c1-8-6-10(8)14-13(15(16)17-20-14)9-2-3-11-12(7-9)19-5-4-18-11/h2-3,7-8,10H,4-6H2,1H3,(H2,16,17). The minimum Gasteiger partial charge on any atom is -0.486 e. The molecule has 20 heavy (non-hydrogen) atoms. The van der Waals surface area contributed by atoms with E-state index in [0.29, 0.717) is 30.9 Å². The number of fused-ring (bicyclic) bond motifs is 1. The maximum Gasteiger partial charge on any atom is 0.175 e. The molecular formula is C15H16N2O3. The van der Waals surface area contributed by atoms with Crippen molar-refractivity contribution in [3.8, 4) is 22.6 Å². The number of nitrogens with zero attached hydrogens (tertiary/aromatic N) is 1. The van der Waals surface area contributed by atoms with Crippen LogP contribution in [-0.2, 0) is 0 Å². The number of ether oxygens (including phenoxy) is 2. The summed E-state index contributed by atoms with van der Waals surface area (Å²) in [5, 5.41) is 3.93. The van der Waals surface area contributed by atoms with Crippen LogP contribution in [0.15, 0.2) is 22.7 Å². The predicted octanol–water partition coefficient (Wildman–Crippen LogP) is 2.82. The van der Waals surface area contributed by atoms with Crippen LogP contribution in [0.2, 0.25) is 0 Å². The molecule has 2 N–H and O–H groups in total. The largest absolute Gasteiger partial charge is 0.486 e. The lowest BCUT2D eigenvalue weighted by Gasteiger charge is -2.18. The number of rotatable bonds is 2. The molecule has 2 unspecified atom stereocenters. The molecule has 1 aromatic carbocycles. The minimum absolute atomic E-state index is 0.433. The number of nitrogen functional groups attached to an aromatic ring is 1. The number of hydrogen-bond acceptors (Lipinski definition) is 5. The summed E-state index contributed by atoms with van der Waals surface area (Å²) in [6.45, 7) is 3.37. The van der Waals surface area contributed by atoms with Crippen LogP contribution in [-0.4, -0.2) is 18.4 Å². The molecule has 1 aliphatic heterocycles. The maximum absolute atomic E-state index is 5.98. The van der Waals surface area contributed by atoms with Crippen LogP contribution in [0.4, 0.5) is 5.82 Å². The molecule has 0 saturated heterocycles. The molecule has 0 amide bonds. The zero-order valence-corrected chi connectivity index (χ0v) is 11.3. The van der Waals surface area contributed by atoms with Gasteiger partial charge in [-0.25, -0.2) is 0 Å². The fourth-order valence-corrected chi connectivity index (χ4v) is 2.75. The van der Waals surface area contributed by atoms with Crippen LogP contribution in [0.5, 0.6) is 11.5 Å². The summed E-state index contributed by atoms with van der Waals surface area (Å²) in [6.07, 6.45) is 1.13. The summed E-state index contributed by atoms with van der Waals surface area (Å²) in [7, 11) is 0. The van der Waals surface area contributed by atoms with E-state index in [4.69, 9.17) is 19.7 Å². The summed E-state index contributed by atoms with van der Waals surface area (Å²) in [5.74, 6) is 3.93. The Morgan fingerprint density at radius 3 is 2.70 bits per heavy atom. The molecule has 5 nitrogen and oxygen atoms in total. The van der Waals surface area contributed by atoms with Crippen LogP contribution in [0.25, 0.3) is 11.1 Å². The Balaban J connectivity index is 1.79. The van der Waals surface area contributed by atoms with E-state index in [2.05, 4.69) is 12.1 Å². The molecule has 1 aliphatic carbocycles. The summed E-state index contributed by atoms with van der Waals surface area (Å²) in [4.78, 5) is 0. The maximum atomic E-state index is 5.98. The van der Waals surface area contributed by atoms with Gasteiger partial charge in [0.1, 0.15) is 19.0 Å². The molecule has 0 spiro atoms. The van der Waals surface area contributed by atoms with Crippen molar-refractivity contribution in [1.82, 2.24) is 5.16 Å². The lowest BCUT2D eigenvalue weighted by Crippen LogP contribution is -2.15. The summed E-state index contributed by atoms with van der Waals surface area (Å²) < 4.78 is 16.6. The van der Waals surface area contributed by atoms with Gasteiger partial charge in [0.25, 0.3) is 0 Å². The van der Waals surface area contributed by atoms with Crippen molar-refractivity contribution in [2.24, 2.45) is 5.92 Å². The van der Waals surface area contributed by atoms with Crippen molar-refractivity contribution in [3.63, 3.8) is 0 Å². The molecule has 2 heterocycles. The van der Waals surface area contributed by atoms with Gasteiger partial charge in [-0.3, -0.25) is 0 Å². The first-order valence-corrected chi connectivity index (χ1v) is 6.89. The summed E-state index contributed by atoms with van der Waals surface area (Å²) >= 11 is 0. The van der Waals surface area contributed by atoms with E-state index in [1.54, 1.807) is 0 Å². The quantitative estimate of drug-likeness (QED) is 0.910. The first-order chi connectivity index (χ1) is 9.74. The Labute approximate surface area is 116 Å². The number of anilines is 1. The Morgan fingerprint density at radius 2 is 1.95 bits per heavy atom. The fourth-order valence-electron chi connectivity index (χ4n) is 2.75. The second kappa shape index (κ2) is 4.16. The topological polar surface area (TPSA) is 70.5 Å². The molecule has 2 aliphatic rings. The first-order valence-electron chi connectivity index (χ1n) is 6.89. The van der Waals surface area contributed by atoms with Gasteiger partial charge in [-0.15, -0.1) is 0 Å². The van der Waals surface area contributed by atoms with Crippen molar-refractivity contribution < 1.29 is 14.0 Å². The molecule has 104 valence electrons. The highest BCUT2D eigenvalue weighted by atomic mass is 16.6. The number of aromatic nitrogens is 1. The zero-order chi connectivity index (χ0) is 13.7. The van der Waals surface area contributed by atoms with Crippen LogP contribution in [0.1, 0.15) is 25.0 Å². The average molecular weight is 272 g/mol. The van der Waals surface area contributed by atoms with Gasteiger partial charge in [0.05, 0.1) is 5.56 Å². The van der Waals surface area contributed by atoms with Gasteiger partial charge in [0.15, 0.2) is 17.3 Å². The molecule has 2 aromatic rings. The molecule has 0 bridgehead atoms. The molecule has 1 fully saturated rings. The van der Waals surface area contributed by atoms with Crippen LogP contribution < -0.4 is 15.2 Å². The molecule has 4 rings (SSSR count). The van der Waals surface area contributed by atoms with E-state index in [1.165, 1.54) is 0 Å². The normalized spacial score (nSPS) is 23.6. The third-order valence-electron chi connectivity index (χ3n) is 4.02. The van der Waals surface area contributed by atoms with Gasteiger partial charge < -0.3 is 19.7 Å². The van der Waals surface area contributed by atoms with E-state index < -0.39 is 0 Å². The monoisotopic (exact) mass is 272 g/mol. The second-order valence-corrected chi connectivity index (χ2v) is 5.48. The zero-order valence-electron chi connectivity index (χ0n) is 11.3. The van der Waals surface area contributed by atoms with E-state index in [9.17, 15) is 0 Å². The van der Waals surface area contributed by atoms with E-state index in [1.807, 2.05) is 18.2 Å². The molecular weight excluding hydrogens is 256 g/mol. The number of benzene rings is 1. The van der Waals surface area contributed by atoms with Gasteiger partial charge in [-0.05, 0) is 30.0 Å². The van der Waals surface area contributed by atoms with Gasteiger partial charge in [-0.1, -0.05) is 18.1 Å². The van der Waals surface area contributed by atoms with Crippen LogP contribution in [0.3, 0.4) is 0 Å². The molecule has 2 atom stereocenters. The third-order valence-corrected chi connectivity index (χ3v) is 4.02. The Morgan fingerprint density at radius 1 is 1.20 bits per heavy atom. The summed E-state index contributed by atoms with van der Waals surface area (Å²) in [5.41, 5.74) is 7.86. The van der Waals surface area contributed by atoms with Gasteiger partial charge >= 0.3 is 0 Å². The lowest BCUT2D eigenvalue weighted by molar-refractivity contribution is 0.171. The van der Waals surface area contributed by atoms with Gasteiger partial charge in [0.2, 0.25) is 0 Å². The first kappa shape index (κ1) is 11.6. The Hall–Kier alpha value is -2.17. The van der Waals surface area contributed by atoms with Crippen molar-refractivity contribution in [2.75, 3.05) is 18.9 Å².